The maximum absolute atomic E-state index is 4.95. The van der Waals surface area contributed by atoms with Gasteiger partial charge in [0.15, 0.2) is 11.3 Å². The Balaban J connectivity index is 2.10. The van der Waals surface area contributed by atoms with Crippen molar-refractivity contribution in [3.63, 3.8) is 0 Å². The highest BCUT2D eigenvalue weighted by molar-refractivity contribution is 14.1. The van der Waals surface area contributed by atoms with Gasteiger partial charge in [0.2, 0.25) is 0 Å². The molecule has 0 fully saturated rings. The molecule has 0 spiro atoms. The zero-order valence-electron chi connectivity index (χ0n) is 17.2. The van der Waals surface area contributed by atoms with Gasteiger partial charge < -0.3 is 0 Å². The summed E-state index contributed by atoms with van der Waals surface area (Å²) in [5, 5.41) is 9.59. The molecule has 146 valence electrons. The summed E-state index contributed by atoms with van der Waals surface area (Å²) in [6, 6.07) is 4.25. The average molecular weight is 488 g/mol. The Morgan fingerprint density at radius 2 is 1.32 bits per heavy atom. The molecule has 0 aliphatic heterocycles. The van der Waals surface area contributed by atoms with Crippen molar-refractivity contribution in [1.82, 2.24) is 29.2 Å². The first kappa shape index (κ1) is 19.3. The van der Waals surface area contributed by atoms with E-state index in [1.54, 1.807) is 0 Å². The van der Waals surface area contributed by atoms with Crippen LogP contribution in [-0.2, 0) is 0 Å². The lowest BCUT2D eigenvalue weighted by molar-refractivity contribution is 0.638. The van der Waals surface area contributed by atoms with E-state index >= 15 is 0 Å². The first-order valence-corrected chi connectivity index (χ1v) is 10.8. The van der Waals surface area contributed by atoms with E-state index in [-0.39, 0.29) is 0 Å². The van der Waals surface area contributed by atoms with E-state index in [1.165, 1.54) is 5.56 Å². The fourth-order valence-corrected chi connectivity index (χ4v) is 4.86. The summed E-state index contributed by atoms with van der Waals surface area (Å²) < 4.78 is 5.04. The van der Waals surface area contributed by atoms with E-state index in [0.717, 1.165) is 61.9 Å². The number of aryl methyl sites for hydroxylation is 4. The van der Waals surface area contributed by atoms with E-state index in [9.17, 15) is 0 Å². The van der Waals surface area contributed by atoms with Crippen molar-refractivity contribution < 1.29 is 0 Å². The number of imidazole rings is 2. The summed E-state index contributed by atoms with van der Waals surface area (Å²) in [4.78, 5) is 9.74. The van der Waals surface area contributed by atoms with Gasteiger partial charge in [-0.1, -0.05) is 13.8 Å². The summed E-state index contributed by atoms with van der Waals surface area (Å²) in [5.74, 6) is 0.475. The van der Waals surface area contributed by atoms with Crippen LogP contribution in [0.4, 0.5) is 0 Å². The Hall–Kier alpha value is -2.03. The van der Waals surface area contributed by atoms with Gasteiger partial charge in [-0.3, -0.25) is 0 Å². The van der Waals surface area contributed by atoms with Crippen LogP contribution < -0.4 is 0 Å². The van der Waals surface area contributed by atoms with Crippen molar-refractivity contribution in [2.24, 2.45) is 0 Å². The van der Waals surface area contributed by atoms with Gasteiger partial charge in [-0.05, 0) is 81.2 Å². The molecule has 0 bridgehead atoms. The molecule has 0 N–H and O–H groups in total. The van der Waals surface area contributed by atoms with E-state index in [0.29, 0.717) is 5.92 Å². The number of hydrogen-bond acceptors (Lipinski definition) is 4. The van der Waals surface area contributed by atoms with E-state index in [4.69, 9.17) is 20.2 Å². The van der Waals surface area contributed by atoms with E-state index < -0.39 is 0 Å². The molecule has 4 heterocycles. The minimum Gasteiger partial charge on any atom is -0.231 e. The van der Waals surface area contributed by atoms with Crippen molar-refractivity contribution >= 4 is 33.9 Å². The Morgan fingerprint density at radius 3 is 1.89 bits per heavy atom. The largest absolute Gasteiger partial charge is 0.231 e. The molecule has 0 aliphatic rings. The highest BCUT2D eigenvalue weighted by Gasteiger charge is 2.24. The molecule has 6 nitrogen and oxygen atoms in total. The number of rotatable bonds is 4. The molecule has 0 saturated heterocycles. The molecular weight excluding hydrogens is 463 g/mol. The van der Waals surface area contributed by atoms with Gasteiger partial charge in [0.1, 0.15) is 11.4 Å². The summed E-state index contributed by atoms with van der Waals surface area (Å²) in [6.45, 7) is 12.6. The van der Waals surface area contributed by atoms with E-state index in [1.807, 2.05) is 22.9 Å². The van der Waals surface area contributed by atoms with Crippen LogP contribution in [-0.4, -0.2) is 29.2 Å². The summed E-state index contributed by atoms with van der Waals surface area (Å²) in [5.41, 5.74) is 8.89. The Bertz CT molecular complexity index is 1200. The second-order valence-corrected chi connectivity index (χ2v) is 8.61. The third-order valence-corrected chi connectivity index (χ3v) is 6.19. The molecule has 4 aromatic rings. The summed E-state index contributed by atoms with van der Waals surface area (Å²) in [7, 11) is 0. The van der Waals surface area contributed by atoms with Crippen LogP contribution in [0.15, 0.2) is 12.1 Å². The third-order valence-electron chi connectivity index (χ3n) is 5.39. The Morgan fingerprint density at radius 1 is 0.821 bits per heavy atom. The smallest absolute Gasteiger partial charge is 0.168 e. The van der Waals surface area contributed by atoms with Gasteiger partial charge >= 0.3 is 0 Å². The van der Waals surface area contributed by atoms with Gasteiger partial charge in [0.25, 0.3) is 0 Å². The molecule has 0 aromatic carbocycles. The zero-order valence-corrected chi connectivity index (χ0v) is 19.4. The molecule has 0 radical (unpaired) electrons. The molecule has 28 heavy (non-hydrogen) atoms. The van der Waals surface area contributed by atoms with Gasteiger partial charge in [0, 0.05) is 5.56 Å². The van der Waals surface area contributed by atoms with Gasteiger partial charge in [0.05, 0.1) is 26.3 Å². The second kappa shape index (κ2) is 7.09. The van der Waals surface area contributed by atoms with E-state index in [2.05, 4.69) is 62.4 Å². The number of halogens is 1. The predicted octanol–water partition coefficient (Wildman–Crippen LogP) is 5.18. The van der Waals surface area contributed by atoms with Gasteiger partial charge in [-0.15, -0.1) is 0 Å². The van der Waals surface area contributed by atoms with Crippen LogP contribution >= 0.6 is 22.6 Å². The fraction of sp³-hybridized carbons (Fsp3) is 0.429. The zero-order chi connectivity index (χ0) is 20.2. The fourth-order valence-electron chi connectivity index (χ4n) is 4.06. The molecule has 4 aromatic heterocycles. The quantitative estimate of drug-likeness (QED) is 0.372. The number of hydrogen-bond donors (Lipinski definition) is 0. The minimum atomic E-state index is 0.475. The number of nitrogens with zero attached hydrogens (tertiary/aromatic N) is 6. The van der Waals surface area contributed by atoms with Crippen molar-refractivity contribution in [1.29, 1.82) is 0 Å². The van der Waals surface area contributed by atoms with Crippen molar-refractivity contribution in [2.45, 2.75) is 60.3 Å². The molecule has 0 saturated carbocycles. The molecule has 0 amide bonds. The van der Waals surface area contributed by atoms with Crippen molar-refractivity contribution in [2.75, 3.05) is 0 Å². The van der Waals surface area contributed by atoms with Crippen LogP contribution in [0.3, 0.4) is 0 Å². The number of fused-ring (bicyclic) bond motifs is 2. The monoisotopic (exact) mass is 488 g/mol. The average Bonchev–Trinajstić information content (AvgIpc) is 3.12. The van der Waals surface area contributed by atoms with Crippen LogP contribution in [0.25, 0.3) is 22.7 Å². The maximum atomic E-state index is 4.95. The maximum Gasteiger partial charge on any atom is 0.168 e. The molecular formula is C21H25IN6. The molecule has 4 rings (SSSR count). The van der Waals surface area contributed by atoms with Crippen LogP contribution in [0.2, 0.25) is 0 Å². The summed E-state index contributed by atoms with van der Waals surface area (Å²) in [6.07, 6.45) is 2.18. The third kappa shape index (κ3) is 2.91. The van der Waals surface area contributed by atoms with Crippen LogP contribution in [0, 0.1) is 31.3 Å². The standard InChI is InChI=1S/C21H25IN6/c1-7-15(8-2)16-9-11(3)25-27-18(13(5)23-20(16)27)19-14(6)24-21-17(22)10-12(4)26-28(19)21/h9-10,15H,7-8H2,1-6H3. The van der Waals surface area contributed by atoms with Crippen LogP contribution in [0.1, 0.15) is 60.9 Å². The molecule has 7 heteroatoms. The Kier molecular flexibility index (Phi) is 4.89. The molecule has 0 aliphatic carbocycles. The lowest BCUT2D eigenvalue weighted by atomic mass is 9.95. The lowest BCUT2D eigenvalue weighted by Gasteiger charge is -2.14. The SMILES string of the molecule is CCC(CC)c1cc(C)nn2c(-c3c(C)nc4c(I)cc(C)nn34)c(C)nc12. The first-order valence-electron chi connectivity index (χ1n) is 9.75. The topological polar surface area (TPSA) is 60.4 Å². The van der Waals surface area contributed by atoms with Crippen molar-refractivity contribution in [3.8, 4) is 11.4 Å². The highest BCUT2D eigenvalue weighted by atomic mass is 127. The first-order chi connectivity index (χ1) is 13.3. The number of aromatic nitrogens is 6. The Labute approximate surface area is 178 Å². The second-order valence-electron chi connectivity index (χ2n) is 7.45. The molecule has 0 atom stereocenters. The minimum absolute atomic E-state index is 0.475. The van der Waals surface area contributed by atoms with Crippen molar-refractivity contribution in [3.05, 3.63) is 44.0 Å². The van der Waals surface area contributed by atoms with Crippen LogP contribution in [0.5, 0.6) is 0 Å². The lowest BCUT2D eigenvalue weighted by Crippen LogP contribution is -2.06. The predicted molar refractivity (Wildman–Crippen MR) is 120 cm³/mol. The normalized spacial score (nSPS) is 12.0. The summed E-state index contributed by atoms with van der Waals surface area (Å²) >= 11 is 2.33. The van der Waals surface area contributed by atoms with Gasteiger partial charge in [-0.2, -0.15) is 10.2 Å². The van der Waals surface area contributed by atoms with Gasteiger partial charge in [-0.25, -0.2) is 19.0 Å². The highest BCUT2D eigenvalue weighted by Crippen LogP contribution is 2.33. The molecule has 0 unspecified atom stereocenters.